The number of nitrogens with one attached hydrogen (secondary N) is 2. The molecule has 3 nitrogen and oxygen atoms in total. The lowest BCUT2D eigenvalue weighted by Crippen LogP contribution is -2.44. The third-order valence-electron chi connectivity index (χ3n) is 4.21. The lowest BCUT2D eigenvalue weighted by Gasteiger charge is -2.39. The maximum Gasteiger partial charge on any atom is 0.221 e. The molecule has 1 aliphatic rings. The highest BCUT2D eigenvalue weighted by Gasteiger charge is 2.33. The van der Waals surface area contributed by atoms with Crippen LogP contribution < -0.4 is 10.6 Å². The van der Waals surface area contributed by atoms with Crippen molar-refractivity contribution >= 4 is 23.4 Å². The molecule has 4 heteroatoms. The molecule has 2 N–H and O–H groups in total. The zero-order valence-corrected chi connectivity index (χ0v) is 14.2. The fourth-order valence-corrected chi connectivity index (χ4v) is 4.65. The van der Waals surface area contributed by atoms with E-state index >= 15 is 0 Å². The Balaban J connectivity index is 2.03. The second-order valence-electron chi connectivity index (χ2n) is 6.24. The molecule has 0 aromatic heterocycles. The standard InChI is InChI=1S/C17H26N2OS/c1-11-9-12(2)17(16(10-11)18-4)21-15-7-5-14(6-8-15)19-13(3)20/h5-8,11-12,16-18H,9-10H2,1-4H3,(H,19,20). The second kappa shape index (κ2) is 7.32. The van der Waals surface area contributed by atoms with Gasteiger partial charge >= 0.3 is 0 Å². The van der Waals surface area contributed by atoms with E-state index in [2.05, 4.69) is 43.7 Å². The van der Waals surface area contributed by atoms with Crippen LogP contribution in [0.4, 0.5) is 5.69 Å². The normalized spacial score (nSPS) is 29.1. The van der Waals surface area contributed by atoms with Gasteiger partial charge in [-0.15, -0.1) is 11.8 Å². The Morgan fingerprint density at radius 3 is 2.43 bits per heavy atom. The minimum Gasteiger partial charge on any atom is -0.326 e. The lowest BCUT2D eigenvalue weighted by molar-refractivity contribution is -0.114. The Bertz CT molecular complexity index is 474. The first-order valence-electron chi connectivity index (χ1n) is 7.71. The predicted octanol–water partition coefficient (Wildman–Crippen LogP) is 3.76. The first-order valence-corrected chi connectivity index (χ1v) is 8.59. The number of anilines is 1. The highest BCUT2D eigenvalue weighted by atomic mass is 32.2. The van der Waals surface area contributed by atoms with E-state index in [-0.39, 0.29) is 5.91 Å². The molecular weight excluding hydrogens is 280 g/mol. The summed E-state index contributed by atoms with van der Waals surface area (Å²) < 4.78 is 0. The van der Waals surface area contributed by atoms with Gasteiger partial charge in [0.05, 0.1) is 0 Å². The van der Waals surface area contributed by atoms with E-state index in [0.29, 0.717) is 17.2 Å². The first kappa shape index (κ1) is 16.4. The zero-order chi connectivity index (χ0) is 15.4. The molecule has 0 spiro atoms. The van der Waals surface area contributed by atoms with Gasteiger partial charge < -0.3 is 10.6 Å². The maximum atomic E-state index is 11.0. The SMILES string of the molecule is CNC1CC(C)CC(C)C1Sc1ccc(NC(C)=O)cc1. The summed E-state index contributed by atoms with van der Waals surface area (Å²) in [5.41, 5.74) is 0.863. The van der Waals surface area contributed by atoms with Crippen LogP contribution in [0.3, 0.4) is 0 Å². The summed E-state index contributed by atoms with van der Waals surface area (Å²) in [6, 6.07) is 8.74. The molecule has 1 aromatic rings. The van der Waals surface area contributed by atoms with E-state index in [4.69, 9.17) is 0 Å². The summed E-state index contributed by atoms with van der Waals surface area (Å²) in [4.78, 5) is 12.3. The van der Waals surface area contributed by atoms with Gasteiger partial charge in [0.15, 0.2) is 0 Å². The molecule has 1 amide bonds. The Morgan fingerprint density at radius 2 is 1.86 bits per heavy atom. The number of hydrogen-bond acceptors (Lipinski definition) is 3. The Labute approximate surface area is 132 Å². The minimum atomic E-state index is -0.0273. The largest absolute Gasteiger partial charge is 0.326 e. The monoisotopic (exact) mass is 306 g/mol. The lowest BCUT2D eigenvalue weighted by atomic mass is 9.80. The quantitative estimate of drug-likeness (QED) is 0.890. The maximum absolute atomic E-state index is 11.0. The molecule has 116 valence electrons. The van der Waals surface area contributed by atoms with E-state index < -0.39 is 0 Å². The van der Waals surface area contributed by atoms with Gasteiger partial charge in [-0.05, 0) is 56.0 Å². The van der Waals surface area contributed by atoms with Crippen LogP contribution in [0.1, 0.15) is 33.6 Å². The molecule has 0 radical (unpaired) electrons. The van der Waals surface area contributed by atoms with Crippen molar-refractivity contribution in [3.05, 3.63) is 24.3 Å². The number of hydrogen-bond donors (Lipinski definition) is 2. The van der Waals surface area contributed by atoms with Crippen LogP contribution in [0.25, 0.3) is 0 Å². The molecule has 0 bridgehead atoms. The van der Waals surface area contributed by atoms with Crippen LogP contribution in [-0.4, -0.2) is 24.2 Å². The van der Waals surface area contributed by atoms with Crippen LogP contribution in [0.2, 0.25) is 0 Å². The van der Waals surface area contributed by atoms with Crippen molar-refractivity contribution in [1.29, 1.82) is 0 Å². The minimum absolute atomic E-state index is 0.0273. The van der Waals surface area contributed by atoms with Crippen molar-refractivity contribution in [2.45, 2.75) is 49.8 Å². The molecule has 21 heavy (non-hydrogen) atoms. The van der Waals surface area contributed by atoms with Gasteiger partial charge in [0.2, 0.25) is 5.91 Å². The average molecular weight is 306 g/mol. The topological polar surface area (TPSA) is 41.1 Å². The summed E-state index contributed by atoms with van der Waals surface area (Å²) in [5.74, 6) is 1.49. The molecular formula is C17H26N2OS. The summed E-state index contributed by atoms with van der Waals surface area (Å²) in [6.07, 6.45) is 2.56. The number of amides is 1. The van der Waals surface area contributed by atoms with Crippen LogP contribution in [0.5, 0.6) is 0 Å². The van der Waals surface area contributed by atoms with Crippen molar-refractivity contribution in [3.8, 4) is 0 Å². The third kappa shape index (κ3) is 4.48. The van der Waals surface area contributed by atoms with Gasteiger partial charge in [0, 0.05) is 28.8 Å². The predicted molar refractivity (Wildman–Crippen MR) is 90.8 cm³/mol. The number of thioether (sulfide) groups is 1. The van der Waals surface area contributed by atoms with Crippen LogP contribution in [0, 0.1) is 11.8 Å². The molecule has 0 saturated heterocycles. The average Bonchev–Trinajstić information content (AvgIpc) is 2.42. The Morgan fingerprint density at radius 1 is 1.19 bits per heavy atom. The third-order valence-corrected chi connectivity index (χ3v) is 5.82. The summed E-state index contributed by atoms with van der Waals surface area (Å²) in [5, 5.41) is 6.91. The molecule has 2 rings (SSSR count). The molecule has 4 atom stereocenters. The molecule has 1 aromatic carbocycles. The molecule has 1 aliphatic carbocycles. The van der Waals surface area contributed by atoms with Gasteiger partial charge in [-0.2, -0.15) is 0 Å². The van der Waals surface area contributed by atoms with E-state index in [9.17, 15) is 4.79 Å². The van der Waals surface area contributed by atoms with Gasteiger partial charge in [-0.25, -0.2) is 0 Å². The fourth-order valence-electron chi connectivity index (χ4n) is 3.29. The van der Waals surface area contributed by atoms with Crippen molar-refractivity contribution in [2.24, 2.45) is 11.8 Å². The number of carbonyl (C=O) groups excluding carboxylic acids is 1. The second-order valence-corrected chi connectivity index (χ2v) is 7.49. The Kier molecular flexibility index (Phi) is 5.71. The number of carbonyl (C=O) groups is 1. The van der Waals surface area contributed by atoms with Crippen LogP contribution in [-0.2, 0) is 4.79 Å². The van der Waals surface area contributed by atoms with Crippen molar-refractivity contribution < 1.29 is 4.79 Å². The van der Waals surface area contributed by atoms with Crippen LogP contribution >= 0.6 is 11.8 Å². The molecule has 1 saturated carbocycles. The van der Waals surface area contributed by atoms with Crippen molar-refractivity contribution in [1.82, 2.24) is 5.32 Å². The van der Waals surface area contributed by atoms with Crippen molar-refractivity contribution in [2.75, 3.05) is 12.4 Å². The number of rotatable bonds is 4. The highest BCUT2D eigenvalue weighted by Crippen LogP contribution is 2.39. The fraction of sp³-hybridized carbons (Fsp3) is 0.588. The van der Waals surface area contributed by atoms with Gasteiger partial charge in [-0.3, -0.25) is 4.79 Å². The summed E-state index contributed by atoms with van der Waals surface area (Å²) >= 11 is 1.96. The van der Waals surface area contributed by atoms with Crippen molar-refractivity contribution in [3.63, 3.8) is 0 Å². The van der Waals surface area contributed by atoms with Crippen LogP contribution in [0.15, 0.2) is 29.2 Å². The van der Waals surface area contributed by atoms with E-state index in [1.54, 1.807) is 0 Å². The van der Waals surface area contributed by atoms with Gasteiger partial charge in [-0.1, -0.05) is 13.8 Å². The molecule has 1 fully saturated rings. The van der Waals surface area contributed by atoms with E-state index in [1.807, 2.05) is 23.9 Å². The number of benzene rings is 1. The van der Waals surface area contributed by atoms with E-state index in [1.165, 1.54) is 24.7 Å². The molecule has 0 heterocycles. The first-order chi connectivity index (χ1) is 9.99. The summed E-state index contributed by atoms with van der Waals surface area (Å²) in [6.45, 7) is 6.25. The van der Waals surface area contributed by atoms with Gasteiger partial charge in [0.1, 0.15) is 0 Å². The zero-order valence-electron chi connectivity index (χ0n) is 13.3. The van der Waals surface area contributed by atoms with E-state index in [0.717, 1.165) is 11.6 Å². The Hall–Kier alpha value is -1.00. The smallest absolute Gasteiger partial charge is 0.221 e. The molecule has 0 aliphatic heterocycles. The highest BCUT2D eigenvalue weighted by molar-refractivity contribution is 8.00. The molecule has 4 unspecified atom stereocenters. The van der Waals surface area contributed by atoms with Gasteiger partial charge in [0.25, 0.3) is 0 Å². The summed E-state index contributed by atoms with van der Waals surface area (Å²) in [7, 11) is 2.07.